The lowest BCUT2D eigenvalue weighted by molar-refractivity contribution is 0.0901. The molecule has 1 fully saturated rings. The first-order chi connectivity index (χ1) is 9.40. The van der Waals surface area contributed by atoms with Crippen molar-refractivity contribution in [1.82, 2.24) is 24.9 Å². The standard InChI is InChI=1S/C14H15N5/c1-2-4-14-13(3-1)11(7-15-14)8-18-9-12(10-18)19-6-5-16-17-19/h1-7,12,15H,8-10H2. The Bertz CT molecular complexity index is 679. The van der Waals surface area contributed by atoms with E-state index < -0.39 is 0 Å². The second kappa shape index (κ2) is 4.20. The molecule has 0 aliphatic carbocycles. The minimum atomic E-state index is 0.479. The first-order valence-electron chi connectivity index (χ1n) is 6.53. The zero-order chi connectivity index (χ0) is 12.7. The number of para-hydroxylation sites is 1. The largest absolute Gasteiger partial charge is 0.361 e. The average molecular weight is 253 g/mol. The van der Waals surface area contributed by atoms with Crippen molar-refractivity contribution in [2.75, 3.05) is 13.1 Å². The smallest absolute Gasteiger partial charge is 0.0790 e. The van der Waals surface area contributed by atoms with Crippen molar-refractivity contribution in [1.29, 1.82) is 0 Å². The molecule has 0 bridgehead atoms. The third-order valence-corrected chi connectivity index (χ3v) is 3.82. The van der Waals surface area contributed by atoms with E-state index in [1.54, 1.807) is 6.20 Å². The Labute approximate surface area is 110 Å². The van der Waals surface area contributed by atoms with Gasteiger partial charge in [-0.1, -0.05) is 23.4 Å². The van der Waals surface area contributed by atoms with Crippen molar-refractivity contribution in [2.45, 2.75) is 12.6 Å². The molecule has 3 heterocycles. The molecule has 0 radical (unpaired) electrons. The molecule has 1 aliphatic heterocycles. The van der Waals surface area contributed by atoms with Crippen molar-refractivity contribution in [3.05, 3.63) is 48.4 Å². The van der Waals surface area contributed by atoms with Crippen LogP contribution in [0.5, 0.6) is 0 Å². The van der Waals surface area contributed by atoms with Crippen LogP contribution >= 0.6 is 0 Å². The summed E-state index contributed by atoms with van der Waals surface area (Å²) < 4.78 is 1.95. The van der Waals surface area contributed by atoms with Crippen LogP contribution in [0.2, 0.25) is 0 Å². The normalized spacial score (nSPS) is 16.8. The molecule has 1 saturated heterocycles. The molecule has 0 atom stereocenters. The molecule has 96 valence electrons. The van der Waals surface area contributed by atoms with E-state index in [9.17, 15) is 0 Å². The molecule has 19 heavy (non-hydrogen) atoms. The van der Waals surface area contributed by atoms with E-state index in [0.717, 1.165) is 19.6 Å². The van der Waals surface area contributed by atoms with Gasteiger partial charge in [0.1, 0.15) is 0 Å². The Balaban J connectivity index is 1.46. The Morgan fingerprint density at radius 2 is 2.16 bits per heavy atom. The fourth-order valence-corrected chi connectivity index (χ4v) is 2.75. The second-order valence-electron chi connectivity index (χ2n) is 5.09. The third-order valence-electron chi connectivity index (χ3n) is 3.82. The van der Waals surface area contributed by atoms with Gasteiger partial charge in [-0.05, 0) is 11.6 Å². The van der Waals surface area contributed by atoms with Gasteiger partial charge in [0.2, 0.25) is 0 Å². The van der Waals surface area contributed by atoms with Gasteiger partial charge in [0, 0.05) is 42.9 Å². The molecule has 5 heteroatoms. The van der Waals surface area contributed by atoms with Gasteiger partial charge in [-0.2, -0.15) is 0 Å². The lowest BCUT2D eigenvalue weighted by atomic mass is 10.1. The van der Waals surface area contributed by atoms with E-state index in [1.165, 1.54) is 16.5 Å². The number of nitrogens with zero attached hydrogens (tertiary/aromatic N) is 4. The number of hydrogen-bond donors (Lipinski definition) is 1. The molecule has 4 rings (SSSR count). The highest BCUT2D eigenvalue weighted by Crippen LogP contribution is 2.25. The van der Waals surface area contributed by atoms with Gasteiger partial charge in [0.25, 0.3) is 0 Å². The molecule has 3 aromatic rings. The number of aromatic amines is 1. The SMILES string of the molecule is c1ccc2c(CN3CC(n4ccnn4)C3)c[nH]c2c1. The van der Waals surface area contributed by atoms with Crippen molar-refractivity contribution in [3.63, 3.8) is 0 Å². The van der Waals surface area contributed by atoms with E-state index in [2.05, 4.69) is 50.7 Å². The van der Waals surface area contributed by atoms with Crippen LogP contribution < -0.4 is 0 Å². The second-order valence-corrected chi connectivity index (χ2v) is 5.09. The third kappa shape index (κ3) is 1.82. The summed E-state index contributed by atoms with van der Waals surface area (Å²) in [5.41, 5.74) is 2.58. The molecule has 1 aliphatic rings. The number of nitrogens with one attached hydrogen (secondary N) is 1. The summed E-state index contributed by atoms with van der Waals surface area (Å²) in [5, 5.41) is 9.24. The van der Waals surface area contributed by atoms with E-state index in [4.69, 9.17) is 0 Å². The highest BCUT2D eigenvalue weighted by molar-refractivity contribution is 5.82. The highest BCUT2D eigenvalue weighted by atomic mass is 15.5. The van der Waals surface area contributed by atoms with Crippen LogP contribution in [0.25, 0.3) is 10.9 Å². The van der Waals surface area contributed by atoms with Crippen molar-refractivity contribution in [2.24, 2.45) is 0 Å². The maximum Gasteiger partial charge on any atom is 0.0790 e. The van der Waals surface area contributed by atoms with Gasteiger partial charge in [-0.3, -0.25) is 4.90 Å². The van der Waals surface area contributed by atoms with Gasteiger partial charge in [-0.15, -0.1) is 5.10 Å². The van der Waals surface area contributed by atoms with Gasteiger partial charge in [0.15, 0.2) is 0 Å². The number of hydrogen-bond acceptors (Lipinski definition) is 3. The van der Waals surface area contributed by atoms with Gasteiger partial charge < -0.3 is 4.98 Å². The van der Waals surface area contributed by atoms with Crippen molar-refractivity contribution in [3.8, 4) is 0 Å². The van der Waals surface area contributed by atoms with E-state index in [0.29, 0.717) is 6.04 Å². The zero-order valence-electron chi connectivity index (χ0n) is 10.5. The number of benzene rings is 1. The first kappa shape index (κ1) is 10.8. The Morgan fingerprint density at radius 3 is 3.00 bits per heavy atom. The van der Waals surface area contributed by atoms with E-state index >= 15 is 0 Å². The summed E-state index contributed by atoms with van der Waals surface area (Å²) in [4.78, 5) is 5.76. The summed E-state index contributed by atoms with van der Waals surface area (Å²) in [7, 11) is 0. The average Bonchev–Trinajstić information content (AvgIpc) is 3.03. The fraction of sp³-hybridized carbons (Fsp3) is 0.286. The number of rotatable bonds is 3. The minimum Gasteiger partial charge on any atom is -0.361 e. The number of aromatic nitrogens is 4. The molecule has 0 spiro atoms. The molecule has 1 aromatic carbocycles. The minimum absolute atomic E-state index is 0.479. The van der Waals surface area contributed by atoms with Gasteiger partial charge in [-0.25, -0.2) is 4.68 Å². The molecule has 0 amide bonds. The zero-order valence-corrected chi connectivity index (χ0v) is 10.5. The lowest BCUT2D eigenvalue weighted by Gasteiger charge is -2.38. The molecule has 2 aromatic heterocycles. The maximum atomic E-state index is 4.05. The van der Waals surface area contributed by atoms with Gasteiger partial charge in [0.05, 0.1) is 12.2 Å². The van der Waals surface area contributed by atoms with Crippen LogP contribution in [0.4, 0.5) is 0 Å². The van der Waals surface area contributed by atoms with Crippen LogP contribution in [0.1, 0.15) is 11.6 Å². The molecule has 5 nitrogen and oxygen atoms in total. The van der Waals surface area contributed by atoms with Crippen LogP contribution in [0, 0.1) is 0 Å². The van der Waals surface area contributed by atoms with E-state index in [1.807, 2.05) is 10.9 Å². The Morgan fingerprint density at radius 1 is 1.26 bits per heavy atom. The first-order valence-corrected chi connectivity index (χ1v) is 6.53. The molecule has 0 unspecified atom stereocenters. The van der Waals surface area contributed by atoms with Crippen LogP contribution in [0.15, 0.2) is 42.9 Å². The molecule has 1 N–H and O–H groups in total. The van der Waals surface area contributed by atoms with Crippen molar-refractivity contribution >= 4 is 10.9 Å². The van der Waals surface area contributed by atoms with Gasteiger partial charge >= 0.3 is 0 Å². The summed E-state index contributed by atoms with van der Waals surface area (Å²) in [5.74, 6) is 0. The summed E-state index contributed by atoms with van der Waals surface area (Å²) >= 11 is 0. The topological polar surface area (TPSA) is 49.7 Å². The Kier molecular flexibility index (Phi) is 2.38. The molecular weight excluding hydrogens is 238 g/mol. The number of fused-ring (bicyclic) bond motifs is 1. The predicted octanol–water partition coefficient (Wildman–Crippen LogP) is 1.82. The summed E-state index contributed by atoms with van der Waals surface area (Å²) in [6.45, 7) is 3.08. The predicted molar refractivity (Wildman–Crippen MR) is 72.6 cm³/mol. The van der Waals surface area contributed by atoms with Crippen LogP contribution in [0.3, 0.4) is 0 Å². The van der Waals surface area contributed by atoms with Crippen molar-refractivity contribution < 1.29 is 0 Å². The summed E-state index contributed by atoms with van der Waals surface area (Å²) in [6.07, 6.45) is 5.80. The van der Waals surface area contributed by atoms with Crippen LogP contribution in [-0.4, -0.2) is 38.0 Å². The Hall–Kier alpha value is -2.14. The monoisotopic (exact) mass is 253 g/mol. The number of likely N-dealkylation sites (tertiary alicyclic amines) is 1. The maximum absolute atomic E-state index is 4.05. The fourth-order valence-electron chi connectivity index (χ4n) is 2.75. The number of H-pyrrole nitrogens is 1. The lowest BCUT2D eigenvalue weighted by Crippen LogP contribution is -2.47. The van der Waals surface area contributed by atoms with Crippen LogP contribution in [-0.2, 0) is 6.54 Å². The molecular formula is C14H15N5. The van der Waals surface area contributed by atoms with E-state index in [-0.39, 0.29) is 0 Å². The molecule has 0 saturated carbocycles. The quantitative estimate of drug-likeness (QED) is 0.774. The highest BCUT2D eigenvalue weighted by Gasteiger charge is 2.28. The summed E-state index contributed by atoms with van der Waals surface area (Å²) in [6, 6.07) is 8.93.